The number of nitrogens with two attached hydrogens (primary N) is 2. The molecule has 4 aromatic heterocycles. The van der Waals surface area contributed by atoms with Crippen LogP contribution in [0.15, 0.2) is 122 Å². The van der Waals surface area contributed by atoms with Crippen molar-refractivity contribution in [2.45, 2.75) is 49.9 Å². The summed E-state index contributed by atoms with van der Waals surface area (Å²) in [5, 5.41) is 18.4. The van der Waals surface area contributed by atoms with Gasteiger partial charge in [-0.3, -0.25) is 14.6 Å². The van der Waals surface area contributed by atoms with E-state index < -0.39 is 0 Å². The van der Waals surface area contributed by atoms with Crippen LogP contribution in [0.2, 0.25) is 0 Å². The average Bonchev–Trinajstić information content (AvgIpc) is 3.97. The molecule has 0 saturated carbocycles. The number of hydrogen-bond acceptors (Lipinski definition) is 15. The highest BCUT2D eigenvalue weighted by Crippen LogP contribution is 2.38. The van der Waals surface area contributed by atoms with E-state index in [0.29, 0.717) is 36.0 Å². The first-order valence-electron chi connectivity index (χ1n) is 23.3. The molecule has 0 aliphatic carbocycles. The van der Waals surface area contributed by atoms with Crippen molar-refractivity contribution in [1.82, 2.24) is 59.9 Å². The molecule has 2 aliphatic rings. The first-order chi connectivity index (χ1) is 33.4. The van der Waals surface area contributed by atoms with E-state index >= 15 is 0 Å². The van der Waals surface area contributed by atoms with E-state index in [1.165, 1.54) is 12.7 Å². The minimum atomic E-state index is -0.307. The smallest absolute Gasteiger partial charge is 0.169 e. The average molecular weight is 913 g/mol. The van der Waals surface area contributed by atoms with Crippen molar-refractivity contribution in [3.8, 4) is 45.5 Å². The molecular weight excluding hydrogens is 857 g/mol. The van der Waals surface area contributed by atoms with Gasteiger partial charge in [-0.25, -0.2) is 29.3 Å². The lowest BCUT2D eigenvalue weighted by atomic mass is 9.95. The van der Waals surface area contributed by atoms with Gasteiger partial charge in [0, 0.05) is 50.4 Å². The number of nitrogen functional groups attached to an aromatic ring is 2. The molecule has 2 atom stereocenters. The fourth-order valence-electron chi connectivity index (χ4n) is 9.83. The summed E-state index contributed by atoms with van der Waals surface area (Å²) >= 11 is 0. The van der Waals surface area contributed by atoms with Crippen LogP contribution in [0.25, 0.3) is 44.6 Å². The molecule has 6 heterocycles. The fraction of sp³-hybridized carbons (Fsp3) is 0.314. The van der Waals surface area contributed by atoms with Crippen molar-refractivity contribution in [1.29, 1.82) is 0 Å². The summed E-state index contributed by atoms with van der Waals surface area (Å²) < 4.78 is 16.1. The Bertz CT molecular complexity index is 2770. The Morgan fingerprint density at radius 2 is 0.926 bits per heavy atom. The van der Waals surface area contributed by atoms with Gasteiger partial charge in [0.15, 0.2) is 17.1 Å². The van der Waals surface area contributed by atoms with Gasteiger partial charge in [0.05, 0.1) is 34.9 Å². The first kappa shape index (κ1) is 44.5. The highest BCUT2D eigenvalue weighted by atomic mass is 16.5. The number of carbonyl (C=O) groups excluding carboxylic acids is 1. The predicted molar refractivity (Wildman–Crippen MR) is 263 cm³/mol. The van der Waals surface area contributed by atoms with Crippen LogP contribution >= 0.6 is 0 Å². The van der Waals surface area contributed by atoms with Crippen LogP contribution in [-0.2, 0) is 4.79 Å². The standard InChI is InChI=1S/C51H56N14O3/c1-54-29-41(62-25-21-35(22-26-62)64-50-43(48(52)56-31-58-50)45(60-64)33-13-17-39(18-14-33)67-37-9-5-3-6-10-37)47(66)42(30-55-2)63-27-23-36(24-28-63)65-51-44(49(53)57-32-59-51)46(61-65)34-15-19-40(20-16-34)68-38-11-7-4-8-12-38/h3-20,31-32,35-36,41-42,54-55H,21-30H2,1-2H3,(H2,52,56,58)(H2,53,57,59). The van der Waals surface area contributed by atoms with E-state index in [-0.39, 0.29) is 30.0 Å². The molecule has 10 rings (SSSR count). The van der Waals surface area contributed by atoms with Crippen LogP contribution in [0.1, 0.15) is 37.8 Å². The number of aromatic nitrogens is 8. The van der Waals surface area contributed by atoms with Gasteiger partial charge in [-0.1, -0.05) is 36.4 Å². The van der Waals surface area contributed by atoms with Crippen molar-refractivity contribution in [3.63, 3.8) is 0 Å². The van der Waals surface area contributed by atoms with Crippen molar-refractivity contribution >= 4 is 39.5 Å². The molecule has 2 fully saturated rings. The van der Waals surface area contributed by atoms with Crippen molar-refractivity contribution in [3.05, 3.63) is 122 Å². The Morgan fingerprint density at radius 3 is 1.29 bits per heavy atom. The number of ether oxygens (including phenoxy) is 2. The summed E-state index contributed by atoms with van der Waals surface area (Å²) in [6.45, 7) is 3.99. The largest absolute Gasteiger partial charge is 0.457 e. The highest BCUT2D eigenvalue weighted by molar-refractivity contribution is 5.99. The van der Waals surface area contributed by atoms with Gasteiger partial charge in [-0.2, -0.15) is 10.2 Å². The van der Waals surface area contributed by atoms with E-state index in [2.05, 4.69) is 40.4 Å². The topological polar surface area (TPSA) is 205 Å². The summed E-state index contributed by atoms with van der Waals surface area (Å²) in [4.78, 5) is 37.6. The number of hydrogen-bond donors (Lipinski definition) is 4. The number of para-hydroxylation sites is 2. The van der Waals surface area contributed by atoms with Crippen LogP contribution in [0.5, 0.6) is 23.0 Å². The number of nitrogens with one attached hydrogen (secondary N) is 2. The number of fused-ring (bicyclic) bond motifs is 2. The number of benzene rings is 4. The molecule has 17 nitrogen and oxygen atoms in total. The van der Waals surface area contributed by atoms with Gasteiger partial charge in [0.2, 0.25) is 0 Å². The van der Waals surface area contributed by atoms with Crippen molar-refractivity contribution in [2.75, 3.05) is 64.8 Å². The van der Waals surface area contributed by atoms with Crippen LogP contribution in [0, 0.1) is 0 Å². The summed E-state index contributed by atoms with van der Waals surface area (Å²) in [7, 11) is 3.83. The number of Topliss-reactive ketones (excluding diaryl/α,β-unsaturated/α-hetero) is 1. The van der Waals surface area contributed by atoms with Crippen LogP contribution in [0.3, 0.4) is 0 Å². The van der Waals surface area contributed by atoms with E-state index in [1.807, 2.05) is 133 Å². The zero-order valence-electron chi connectivity index (χ0n) is 38.3. The summed E-state index contributed by atoms with van der Waals surface area (Å²) in [5.74, 6) is 3.96. The highest BCUT2D eigenvalue weighted by Gasteiger charge is 2.38. The van der Waals surface area contributed by atoms with Crippen LogP contribution < -0.4 is 31.6 Å². The molecule has 348 valence electrons. The zero-order valence-corrected chi connectivity index (χ0v) is 38.3. The minimum Gasteiger partial charge on any atom is -0.457 e. The lowest BCUT2D eigenvalue weighted by molar-refractivity contribution is -0.130. The normalized spacial score (nSPS) is 16.3. The lowest BCUT2D eigenvalue weighted by Gasteiger charge is -2.41. The Balaban J connectivity index is 0.816. The fourth-order valence-corrected chi connectivity index (χ4v) is 9.83. The SMILES string of the molecule is CNCC(C(=O)C(CNC)N1CCC(n2nc(-c3ccc(Oc4ccccc4)cc3)c3c(N)ncnc32)CC1)N1CCC(n2nc(-c3ccc(Oc4ccccc4)cc3)c3c(N)ncnc32)CC1. The summed E-state index contributed by atoms with van der Waals surface area (Å²) in [6.07, 6.45) is 6.16. The van der Waals surface area contributed by atoms with Gasteiger partial charge in [-0.05, 0) is 113 Å². The van der Waals surface area contributed by atoms with E-state index in [4.69, 9.17) is 31.1 Å². The molecule has 2 saturated heterocycles. The maximum absolute atomic E-state index is 14.8. The molecule has 2 aliphatic heterocycles. The molecule has 0 amide bonds. The number of anilines is 2. The number of likely N-dealkylation sites (tertiary alicyclic amines) is 2. The molecule has 2 unspecified atom stereocenters. The maximum Gasteiger partial charge on any atom is 0.169 e. The number of likely N-dealkylation sites (N-methyl/N-ethyl adjacent to an activating group) is 2. The third-order valence-corrected chi connectivity index (χ3v) is 13.3. The van der Waals surface area contributed by atoms with Gasteiger partial charge in [0.1, 0.15) is 58.7 Å². The van der Waals surface area contributed by atoms with Gasteiger partial charge < -0.3 is 31.6 Å². The molecular formula is C51H56N14O3. The maximum atomic E-state index is 14.8. The van der Waals surface area contributed by atoms with E-state index in [1.54, 1.807) is 0 Å². The number of ketones is 1. The predicted octanol–water partition coefficient (Wildman–Crippen LogP) is 6.77. The summed E-state index contributed by atoms with van der Waals surface area (Å²) in [5.41, 5.74) is 17.7. The second kappa shape index (κ2) is 19.9. The Morgan fingerprint density at radius 1 is 0.559 bits per heavy atom. The van der Waals surface area contributed by atoms with Crippen molar-refractivity contribution < 1.29 is 14.3 Å². The first-order valence-corrected chi connectivity index (χ1v) is 23.3. The lowest BCUT2D eigenvalue weighted by Crippen LogP contribution is -2.59. The second-order valence-corrected chi connectivity index (χ2v) is 17.5. The second-order valence-electron chi connectivity index (χ2n) is 17.5. The Labute approximate surface area is 394 Å². The number of carbonyl (C=O) groups is 1. The molecule has 4 aromatic carbocycles. The molecule has 17 heteroatoms. The molecule has 0 bridgehead atoms. The van der Waals surface area contributed by atoms with E-state index in [0.717, 1.165) is 108 Å². The quantitative estimate of drug-likeness (QED) is 0.0790. The third kappa shape index (κ3) is 9.08. The van der Waals surface area contributed by atoms with Crippen molar-refractivity contribution in [2.24, 2.45) is 0 Å². The van der Waals surface area contributed by atoms with Gasteiger partial charge in [-0.15, -0.1) is 0 Å². The number of rotatable bonds is 16. The number of nitrogens with zero attached hydrogens (tertiary/aromatic N) is 10. The molecule has 68 heavy (non-hydrogen) atoms. The van der Waals surface area contributed by atoms with E-state index in [9.17, 15) is 4.79 Å². The molecule has 0 spiro atoms. The summed E-state index contributed by atoms with van der Waals surface area (Å²) in [6, 6.07) is 34.6. The van der Waals surface area contributed by atoms with Crippen LogP contribution in [0.4, 0.5) is 11.6 Å². The molecule has 6 N–H and O–H groups in total. The third-order valence-electron chi connectivity index (χ3n) is 13.3. The Hall–Kier alpha value is -7.31. The van der Waals surface area contributed by atoms with Crippen LogP contribution in [-0.4, -0.2) is 121 Å². The van der Waals surface area contributed by atoms with Gasteiger partial charge >= 0.3 is 0 Å². The molecule has 8 aromatic rings. The Kier molecular flexibility index (Phi) is 13.0. The zero-order chi connectivity index (χ0) is 46.6. The number of piperidine rings is 2. The van der Waals surface area contributed by atoms with Gasteiger partial charge in [0.25, 0.3) is 0 Å². The minimum absolute atomic E-state index is 0.0579. The molecule has 0 radical (unpaired) electrons. The monoisotopic (exact) mass is 912 g/mol.